The van der Waals surface area contributed by atoms with E-state index in [0.717, 1.165) is 18.4 Å². The predicted octanol–water partition coefficient (Wildman–Crippen LogP) is 3.70. The standard InChI is InChI=1S/C21H19N3O4/c22-14-18(21(25)23-11-3-4-12-23)13-17-5-1-2-6-20(17)28-15-16-7-9-19(10-8-16)24(26)27/h1-2,5-10,13H,3-4,11-12,15H2/b18-13+. The maximum absolute atomic E-state index is 12.5. The Balaban J connectivity index is 1.75. The third-order valence-electron chi connectivity index (χ3n) is 4.50. The quantitative estimate of drug-likeness (QED) is 0.331. The summed E-state index contributed by atoms with van der Waals surface area (Å²) < 4.78 is 5.83. The molecule has 0 aromatic heterocycles. The summed E-state index contributed by atoms with van der Waals surface area (Å²) in [5, 5.41) is 20.2. The molecule has 7 heteroatoms. The summed E-state index contributed by atoms with van der Waals surface area (Å²) in [5.41, 5.74) is 1.51. The highest BCUT2D eigenvalue weighted by Crippen LogP contribution is 2.24. The molecule has 0 bridgehead atoms. The minimum absolute atomic E-state index is 0.0196. The van der Waals surface area contributed by atoms with E-state index in [2.05, 4.69) is 0 Å². The van der Waals surface area contributed by atoms with Gasteiger partial charge in [0.1, 0.15) is 24.0 Å². The highest BCUT2D eigenvalue weighted by Gasteiger charge is 2.21. The average Bonchev–Trinajstić information content (AvgIpc) is 3.26. The lowest BCUT2D eigenvalue weighted by atomic mass is 10.1. The van der Waals surface area contributed by atoms with Crippen molar-refractivity contribution < 1.29 is 14.5 Å². The number of nitriles is 1. The van der Waals surface area contributed by atoms with Crippen LogP contribution in [0.3, 0.4) is 0 Å². The molecule has 0 atom stereocenters. The first-order valence-electron chi connectivity index (χ1n) is 8.94. The van der Waals surface area contributed by atoms with Crippen LogP contribution in [0.15, 0.2) is 54.1 Å². The maximum Gasteiger partial charge on any atom is 0.269 e. The van der Waals surface area contributed by atoms with Crippen LogP contribution in [0.4, 0.5) is 5.69 Å². The molecule has 0 radical (unpaired) electrons. The van der Waals surface area contributed by atoms with Crippen LogP contribution >= 0.6 is 0 Å². The summed E-state index contributed by atoms with van der Waals surface area (Å²) in [5.74, 6) is 0.271. The van der Waals surface area contributed by atoms with E-state index >= 15 is 0 Å². The first-order chi connectivity index (χ1) is 13.6. The number of nitrogens with zero attached hydrogens (tertiary/aromatic N) is 3. The second-order valence-corrected chi connectivity index (χ2v) is 6.42. The van der Waals surface area contributed by atoms with Crippen molar-refractivity contribution in [2.45, 2.75) is 19.4 Å². The van der Waals surface area contributed by atoms with Crippen LogP contribution in [0.25, 0.3) is 6.08 Å². The minimum Gasteiger partial charge on any atom is -0.488 e. The van der Waals surface area contributed by atoms with Crippen LogP contribution in [0, 0.1) is 21.4 Å². The molecule has 1 heterocycles. The largest absolute Gasteiger partial charge is 0.488 e. The van der Waals surface area contributed by atoms with Crippen LogP contribution in [0.1, 0.15) is 24.0 Å². The van der Waals surface area contributed by atoms with Crippen molar-refractivity contribution in [2.24, 2.45) is 0 Å². The van der Waals surface area contributed by atoms with E-state index in [1.165, 1.54) is 12.1 Å². The van der Waals surface area contributed by atoms with E-state index in [9.17, 15) is 20.2 Å². The molecule has 2 aromatic rings. The number of non-ortho nitro benzene ring substituents is 1. The zero-order valence-electron chi connectivity index (χ0n) is 15.2. The van der Waals surface area contributed by atoms with E-state index in [0.29, 0.717) is 24.4 Å². The topological polar surface area (TPSA) is 96.5 Å². The van der Waals surface area contributed by atoms with Gasteiger partial charge in [-0.05, 0) is 42.7 Å². The molecule has 28 heavy (non-hydrogen) atoms. The van der Waals surface area contributed by atoms with Gasteiger partial charge in [-0.25, -0.2) is 0 Å². The number of carbonyl (C=O) groups excluding carboxylic acids is 1. The van der Waals surface area contributed by atoms with Gasteiger partial charge < -0.3 is 9.64 Å². The molecular formula is C21H19N3O4. The molecule has 0 unspecified atom stereocenters. The second kappa shape index (κ2) is 8.82. The molecule has 142 valence electrons. The van der Waals surface area contributed by atoms with Gasteiger partial charge in [-0.15, -0.1) is 0 Å². The number of rotatable bonds is 6. The molecule has 1 aliphatic rings. The van der Waals surface area contributed by atoms with Gasteiger partial charge in [0.05, 0.1) is 4.92 Å². The molecule has 1 aliphatic heterocycles. The molecular weight excluding hydrogens is 358 g/mol. The van der Waals surface area contributed by atoms with Gasteiger partial charge in [-0.3, -0.25) is 14.9 Å². The number of para-hydroxylation sites is 1. The smallest absolute Gasteiger partial charge is 0.269 e. The van der Waals surface area contributed by atoms with Gasteiger partial charge in [-0.1, -0.05) is 18.2 Å². The number of nitro groups is 1. The van der Waals surface area contributed by atoms with Crippen LogP contribution in [-0.4, -0.2) is 28.8 Å². The van der Waals surface area contributed by atoms with Gasteiger partial charge in [-0.2, -0.15) is 5.26 Å². The van der Waals surface area contributed by atoms with Crippen molar-refractivity contribution in [3.05, 3.63) is 75.3 Å². The zero-order valence-corrected chi connectivity index (χ0v) is 15.2. The fraction of sp³-hybridized carbons (Fsp3) is 0.238. The number of amides is 1. The summed E-state index contributed by atoms with van der Waals surface area (Å²) in [7, 11) is 0. The highest BCUT2D eigenvalue weighted by molar-refractivity contribution is 6.02. The second-order valence-electron chi connectivity index (χ2n) is 6.42. The number of likely N-dealkylation sites (tertiary alicyclic amines) is 1. The number of nitro benzene ring substituents is 1. The maximum atomic E-state index is 12.5. The summed E-state index contributed by atoms with van der Waals surface area (Å²) in [6.07, 6.45) is 3.46. The number of benzene rings is 2. The summed E-state index contributed by atoms with van der Waals surface area (Å²) >= 11 is 0. The number of carbonyl (C=O) groups is 1. The molecule has 0 aliphatic carbocycles. The van der Waals surface area contributed by atoms with E-state index in [1.54, 1.807) is 47.4 Å². The average molecular weight is 377 g/mol. The van der Waals surface area contributed by atoms with Crippen molar-refractivity contribution >= 4 is 17.7 Å². The van der Waals surface area contributed by atoms with Crippen LogP contribution in [-0.2, 0) is 11.4 Å². The Kier molecular flexibility index (Phi) is 6.02. The van der Waals surface area contributed by atoms with Crippen molar-refractivity contribution in [3.63, 3.8) is 0 Å². The fourth-order valence-corrected chi connectivity index (χ4v) is 2.99. The number of ether oxygens (including phenoxy) is 1. The van der Waals surface area contributed by atoms with Crippen molar-refractivity contribution in [3.8, 4) is 11.8 Å². The predicted molar refractivity (Wildman–Crippen MR) is 103 cm³/mol. The third-order valence-corrected chi connectivity index (χ3v) is 4.50. The highest BCUT2D eigenvalue weighted by atomic mass is 16.6. The summed E-state index contributed by atoms with van der Waals surface area (Å²) in [6, 6.07) is 15.3. The van der Waals surface area contributed by atoms with E-state index in [-0.39, 0.29) is 23.8 Å². The SMILES string of the molecule is N#C/C(=C\c1ccccc1OCc1ccc([N+](=O)[O-])cc1)C(=O)N1CCCC1. The minimum atomic E-state index is -0.453. The fourth-order valence-electron chi connectivity index (χ4n) is 2.99. The first kappa shape index (κ1) is 19.1. The third kappa shape index (κ3) is 4.54. The van der Waals surface area contributed by atoms with Crippen LogP contribution < -0.4 is 4.74 Å². The van der Waals surface area contributed by atoms with Gasteiger partial charge in [0.2, 0.25) is 0 Å². The van der Waals surface area contributed by atoms with Crippen molar-refractivity contribution in [2.75, 3.05) is 13.1 Å². The summed E-state index contributed by atoms with van der Waals surface area (Å²) in [4.78, 5) is 24.5. The molecule has 7 nitrogen and oxygen atoms in total. The van der Waals surface area contributed by atoms with Crippen molar-refractivity contribution in [1.82, 2.24) is 4.90 Å². The molecule has 1 fully saturated rings. The van der Waals surface area contributed by atoms with E-state index in [1.807, 2.05) is 6.07 Å². The van der Waals surface area contributed by atoms with Gasteiger partial charge >= 0.3 is 0 Å². The summed E-state index contributed by atoms with van der Waals surface area (Å²) in [6.45, 7) is 1.57. The Morgan fingerprint density at radius 2 is 1.86 bits per heavy atom. The molecule has 2 aromatic carbocycles. The molecule has 1 saturated heterocycles. The van der Waals surface area contributed by atoms with E-state index < -0.39 is 4.92 Å². The Morgan fingerprint density at radius 1 is 1.18 bits per heavy atom. The number of hydrogen-bond donors (Lipinski definition) is 0. The Labute approximate surface area is 162 Å². The lowest BCUT2D eigenvalue weighted by Gasteiger charge is -2.14. The lowest BCUT2D eigenvalue weighted by Crippen LogP contribution is -2.28. The van der Waals surface area contributed by atoms with Gasteiger partial charge in [0.25, 0.3) is 11.6 Å². The van der Waals surface area contributed by atoms with Gasteiger partial charge in [0.15, 0.2) is 0 Å². The van der Waals surface area contributed by atoms with Crippen molar-refractivity contribution in [1.29, 1.82) is 5.26 Å². The number of hydrogen-bond acceptors (Lipinski definition) is 5. The molecule has 1 amide bonds. The Morgan fingerprint density at radius 3 is 2.50 bits per heavy atom. The molecule has 0 N–H and O–H groups in total. The van der Waals surface area contributed by atoms with E-state index in [4.69, 9.17) is 4.74 Å². The zero-order chi connectivity index (χ0) is 19.9. The first-order valence-corrected chi connectivity index (χ1v) is 8.94. The van der Waals surface area contributed by atoms with Gasteiger partial charge in [0, 0.05) is 30.8 Å². The van der Waals surface area contributed by atoms with Crippen LogP contribution in [0.2, 0.25) is 0 Å². The molecule has 3 rings (SSSR count). The molecule has 0 spiro atoms. The lowest BCUT2D eigenvalue weighted by molar-refractivity contribution is -0.384. The Hall–Kier alpha value is -3.66. The molecule has 0 saturated carbocycles. The monoisotopic (exact) mass is 377 g/mol. The van der Waals surface area contributed by atoms with Crippen LogP contribution in [0.5, 0.6) is 5.75 Å². The normalized spacial score (nSPS) is 13.8. The Bertz CT molecular complexity index is 939.